The number of carbonyl (C=O) groups excluding carboxylic acids is 1. The van der Waals surface area contributed by atoms with Crippen LogP contribution in [0, 0.1) is 0 Å². The molecule has 0 aliphatic carbocycles. The number of epoxide rings is 1. The van der Waals surface area contributed by atoms with Crippen molar-refractivity contribution in [1.29, 1.82) is 0 Å². The molecule has 1 N–H and O–H groups in total. The predicted molar refractivity (Wildman–Crippen MR) is 46.9 cm³/mol. The molecule has 3 heteroatoms. The minimum absolute atomic E-state index is 0.0616. The number of hydrogen-bond acceptors (Lipinski definition) is 2. The first-order chi connectivity index (χ1) is 5.84. The van der Waals surface area contributed by atoms with Crippen molar-refractivity contribution < 1.29 is 9.53 Å². The average molecular weight is 171 g/mol. The molecule has 1 unspecified atom stereocenters. The van der Waals surface area contributed by atoms with Gasteiger partial charge in [-0.3, -0.25) is 4.79 Å². The van der Waals surface area contributed by atoms with Crippen molar-refractivity contribution in [2.45, 2.75) is 38.7 Å². The van der Waals surface area contributed by atoms with Gasteiger partial charge in [-0.05, 0) is 6.42 Å². The van der Waals surface area contributed by atoms with E-state index in [4.69, 9.17) is 4.74 Å². The summed E-state index contributed by atoms with van der Waals surface area (Å²) in [6.45, 7) is 3.59. The predicted octanol–water partition coefficient (Wildman–Crippen LogP) is 1.08. The van der Waals surface area contributed by atoms with Crippen LogP contribution in [-0.2, 0) is 9.53 Å². The van der Waals surface area contributed by atoms with Gasteiger partial charge in [-0.1, -0.05) is 26.2 Å². The second-order valence-electron chi connectivity index (χ2n) is 3.17. The maximum Gasteiger partial charge on any atom is 0.251 e. The Balaban J connectivity index is 1.84. The molecule has 0 saturated carbocycles. The molecule has 12 heavy (non-hydrogen) atoms. The van der Waals surface area contributed by atoms with Crippen molar-refractivity contribution >= 4 is 5.91 Å². The monoisotopic (exact) mass is 171 g/mol. The normalized spacial score (nSPS) is 20.6. The average Bonchev–Trinajstić information content (AvgIpc) is 2.86. The third-order valence-corrected chi connectivity index (χ3v) is 1.96. The molecule has 0 radical (unpaired) electrons. The standard InChI is InChI=1S/C9H17NO2/c1-2-3-4-5-6-10-9(11)8-7-12-8/h8H,2-7H2,1H3,(H,10,11). The molecule has 1 amide bonds. The van der Waals surface area contributed by atoms with E-state index in [1.165, 1.54) is 19.3 Å². The molecule has 1 atom stereocenters. The maximum absolute atomic E-state index is 11.0. The zero-order valence-electron chi connectivity index (χ0n) is 7.64. The van der Waals surface area contributed by atoms with Gasteiger partial charge in [-0.15, -0.1) is 0 Å². The van der Waals surface area contributed by atoms with Crippen molar-refractivity contribution in [2.75, 3.05) is 13.2 Å². The van der Waals surface area contributed by atoms with E-state index in [1.54, 1.807) is 0 Å². The lowest BCUT2D eigenvalue weighted by Gasteiger charge is -2.01. The van der Waals surface area contributed by atoms with Crippen LogP contribution >= 0.6 is 0 Å². The summed E-state index contributed by atoms with van der Waals surface area (Å²) in [5, 5.41) is 2.84. The van der Waals surface area contributed by atoms with E-state index in [0.717, 1.165) is 13.0 Å². The Morgan fingerprint density at radius 1 is 1.50 bits per heavy atom. The van der Waals surface area contributed by atoms with Gasteiger partial charge >= 0.3 is 0 Å². The summed E-state index contributed by atoms with van der Waals surface area (Å²) >= 11 is 0. The molecule has 0 aromatic rings. The van der Waals surface area contributed by atoms with E-state index in [1.807, 2.05) is 0 Å². The number of rotatable bonds is 6. The third kappa shape index (κ3) is 3.72. The van der Waals surface area contributed by atoms with Crippen molar-refractivity contribution in [2.24, 2.45) is 0 Å². The van der Waals surface area contributed by atoms with Crippen LogP contribution in [0.4, 0.5) is 0 Å². The maximum atomic E-state index is 11.0. The molecule has 1 saturated heterocycles. The van der Waals surface area contributed by atoms with Crippen LogP contribution in [0.15, 0.2) is 0 Å². The van der Waals surface area contributed by atoms with E-state index in [9.17, 15) is 4.79 Å². The Morgan fingerprint density at radius 2 is 2.25 bits per heavy atom. The SMILES string of the molecule is CCCCCCNC(=O)C1CO1. The van der Waals surface area contributed by atoms with Crippen LogP contribution in [0.2, 0.25) is 0 Å². The minimum atomic E-state index is -0.129. The lowest BCUT2D eigenvalue weighted by Crippen LogP contribution is -2.28. The molecule has 1 rings (SSSR count). The van der Waals surface area contributed by atoms with Crippen molar-refractivity contribution in [3.63, 3.8) is 0 Å². The van der Waals surface area contributed by atoms with Crippen LogP contribution in [0.1, 0.15) is 32.6 Å². The first-order valence-corrected chi connectivity index (χ1v) is 4.74. The fourth-order valence-corrected chi connectivity index (χ4v) is 1.08. The lowest BCUT2D eigenvalue weighted by molar-refractivity contribution is -0.122. The summed E-state index contributed by atoms with van der Waals surface area (Å²) in [5.41, 5.74) is 0. The molecule has 1 aliphatic rings. The summed E-state index contributed by atoms with van der Waals surface area (Å²) in [5.74, 6) is 0.0616. The van der Waals surface area contributed by atoms with Gasteiger partial charge in [0.25, 0.3) is 5.91 Å². The van der Waals surface area contributed by atoms with E-state index in [-0.39, 0.29) is 12.0 Å². The molecule has 1 heterocycles. The molecular formula is C9H17NO2. The first-order valence-electron chi connectivity index (χ1n) is 4.74. The van der Waals surface area contributed by atoms with Gasteiger partial charge in [-0.25, -0.2) is 0 Å². The van der Waals surface area contributed by atoms with Gasteiger partial charge < -0.3 is 10.1 Å². The fraction of sp³-hybridized carbons (Fsp3) is 0.889. The molecule has 0 aromatic carbocycles. The quantitative estimate of drug-likeness (QED) is 0.480. The molecular weight excluding hydrogens is 154 g/mol. The highest BCUT2D eigenvalue weighted by molar-refractivity contribution is 5.82. The summed E-state index contributed by atoms with van der Waals surface area (Å²) in [6.07, 6.45) is 4.67. The van der Waals surface area contributed by atoms with Crippen molar-refractivity contribution in [3.05, 3.63) is 0 Å². The number of amides is 1. The summed E-state index contributed by atoms with van der Waals surface area (Å²) in [6, 6.07) is 0. The molecule has 1 fully saturated rings. The molecule has 3 nitrogen and oxygen atoms in total. The lowest BCUT2D eigenvalue weighted by atomic mass is 10.2. The van der Waals surface area contributed by atoms with Crippen molar-refractivity contribution in [3.8, 4) is 0 Å². The van der Waals surface area contributed by atoms with Crippen LogP contribution < -0.4 is 5.32 Å². The number of carbonyl (C=O) groups is 1. The van der Waals surface area contributed by atoms with E-state index in [0.29, 0.717) is 6.61 Å². The Bertz CT molecular complexity index is 143. The molecule has 70 valence electrons. The van der Waals surface area contributed by atoms with Gasteiger partial charge in [0.2, 0.25) is 0 Å². The Hall–Kier alpha value is -0.570. The molecule has 1 aliphatic heterocycles. The van der Waals surface area contributed by atoms with E-state index < -0.39 is 0 Å². The molecule has 0 aromatic heterocycles. The molecule has 0 spiro atoms. The highest BCUT2D eigenvalue weighted by Crippen LogP contribution is 2.07. The largest absolute Gasteiger partial charge is 0.363 e. The highest BCUT2D eigenvalue weighted by atomic mass is 16.6. The minimum Gasteiger partial charge on any atom is -0.363 e. The van der Waals surface area contributed by atoms with E-state index in [2.05, 4.69) is 12.2 Å². The van der Waals surface area contributed by atoms with Crippen molar-refractivity contribution in [1.82, 2.24) is 5.32 Å². The van der Waals surface area contributed by atoms with Gasteiger partial charge in [0.15, 0.2) is 6.10 Å². The Kier molecular flexibility index (Phi) is 4.08. The first kappa shape index (κ1) is 9.52. The van der Waals surface area contributed by atoms with Crippen LogP contribution in [0.25, 0.3) is 0 Å². The Labute approximate surface area is 73.5 Å². The number of unbranched alkanes of at least 4 members (excludes halogenated alkanes) is 3. The zero-order chi connectivity index (χ0) is 8.81. The fourth-order valence-electron chi connectivity index (χ4n) is 1.08. The molecule has 0 bridgehead atoms. The summed E-state index contributed by atoms with van der Waals surface area (Å²) < 4.78 is 4.84. The topological polar surface area (TPSA) is 41.6 Å². The van der Waals surface area contributed by atoms with Gasteiger partial charge in [-0.2, -0.15) is 0 Å². The van der Waals surface area contributed by atoms with Crippen LogP contribution in [-0.4, -0.2) is 25.2 Å². The van der Waals surface area contributed by atoms with Crippen LogP contribution in [0.5, 0.6) is 0 Å². The number of hydrogen-bond donors (Lipinski definition) is 1. The van der Waals surface area contributed by atoms with Crippen LogP contribution in [0.3, 0.4) is 0 Å². The zero-order valence-corrected chi connectivity index (χ0v) is 7.64. The Morgan fingerprint density at radius 3 is 2.83 bits per heavy atom. The van der Waals surface area contributed by atoms with Gasteiger partial charge in [0.1, 0.15) is 0 Å². The second kappa shape index (κ2) is 5.14. The van der Waals surface area contributed by atoms with Gasteiger partial charge in [0.05, 0.1) is 6.61 Å². The third-order valence-electron chi connectivity index (χ3n) is 1.96. The summed E-state index contributed by atoms with van der Waals surface area (Å²) in [4.78, 5) is 11.0. The number of ether oxygens (including phenoxy) is 1. The smallest absolute Gasteiger partial charge is 0.251 e. The number of nitrogens with one attached hydrogen (secondary N) is 1. The van der Waals surface area contributed by atoms with E-state index >= 15 is 0 Å². The van der Waals surface area contributed by atoms with Gasteiger partial charge in [0, 0.05) is 6.54 Å². The second-order valence-corrected chi connectivity index (χ2v) is 3.17. The summed E-state index contributed by atoms with van der Waals surface area (Å²) in [7, 11) is 0. The highest BCUT2D eigenvalue weighted by Gasteiger charge is 2.30.